The number of aryl methyl sites for hydroxylation is 1. The summed E-state index contributed by atoms with van der Waals surface area (Å²) in [6, 6.07) is 6.00. The lowest BCUT2D eigenvalue weighted by Gasteiger charge is -2.24. The summed E-state index contributed by atoms with van der Waals surface area (Å²) in [5, 5.41) is 0. The van der Waals surface area contributed by atoms with Gasteiger partial charge in [0.25, 0.3) is 0 Å². The molecule has 6 nitrogen and oxygen atoms in total. The first-order valence-electron chi connectivity index (χ1n) is 9.29. The first-order valence-corrected chi connectivity index (χ1v) is 9.29. The zero-order chi connectivity index (χ0) is 18.3. The number of fused-ring (bicyclic) bond motifs is 1. The third kappa shape index (κ3) is 2.88. The van der Waals surface area contributed by atoms with Gasteiger partial charge >= 0.3 is 0 Å². The van der Waals surface area contributed by atoms with Crippen molar-refractivity contribution in [2.24, 2.45) is 13.0 Å². The number of imidazole rings is 1. The van der Waals surface area contributed by atoms with Crippen LogP contribution >= 0.6 is 0 Å². The number of likely N-dealkylation sites (N-methyl/N-ethyl adjacent to an activating group) is 1. The highest BCUT2D eigenvalue weighted by molar-refractivity contribution is 5.98. The van der Waals surface area contributed by atoms with Gasteiger partial charge in [-0.3, -0.25) is 4.79 Å². The van der Waals surface area contributed by atoms with E-state index in [1.165, 1.54) is 5.56 Å². The molecule has 138 valence electrons. The number of likely N-dealkylation sites (tertiary alicyclic amines) is 1. The topological polar surface area (TPSA) is 50.6 Å². The van der Waals surface area contributed by atoms with Crippen LogP contribution in [-0.4, -0.2) is 53.6 Å². The van der Waals surface area contributed by atoms with Crippen molar-refractivity contribution in [3.63, 3.8) is 0 Å². The number of benzene rings is 1. The number of ether oxygens (including phenoxy) is 1. The van der Waals surface area contributed by atoms with Gasteiger partial charge in [-0.1, -0.05) is 6.92 Å². The summed E-state index contributed by atoms with van der Waals surface area (Å²) in [7, 11) is 3.65. The van der Waals surface area contributed by atoms with E-state index < -0.39 is 0 Å². The van der Waals surface area contributed by atoms with Gasteiger partial charge in [-0.05, 0) is 36.7 Å². The van der Waals surface area contributed by atoms with Gasteiger partial charge in [0, 0.05) is 44.5 Å². The van der Waals surface area contributed by atoms with Crippen LogP contribution in [0.3, 0.4) is 0 Å². The minimum Gasteiger partial charge on any atom is -0.497 e. The summed E-state index contributed by atoms with van der Waals surface area (Å²) in [6.07, 6.45) is 4.76. The van der Waals surface area contributed by atoms with E-state index >= 15 is 0 Å². The van der Waals surface area contributed by atoms with Crippen molar-refractivity contribution in [1.82, 2.24) is 14.5 Å². The van der Waals surface area contributed by atoms with Crippen LogP contribution in [0.25, 0.3) is 0 Å². The predicted molar refractivity (Wildman–Crippen MR) is 101 cm³/mol. The van der Waals surface area contributed by atoms with Crippen LogP contribution in [0.4, 0.5) is 5.69 Å². The van der Waals surface area contributed by atoms with E-state index in [9.17, 15) is 4.79 Å². The van der Waals surface area contributed by atoms with E-state index in [0.29, 0.717) is 0 Å². The smallest absolute Gasteiger partial charge is 0.232 e. The lowest BCUT2D eigenvalue weighted by atomic mass is 9.92. The molecule has 2 aliphatic rings. The maximum atomic E-state index is 13.5. The zero-order valence-electron chi connectivity index (χ0n) is 15.7. The molecule has 0 aliphatic carbocycles. The van der Waals surface area contributed by atoms with Gasteiger partial charge in [0.15, 0.2) is 0 Å². The fourth-order valence-corrected chi connectivity index (χ4v) is 4.25. The van der Waals surface area contributed by atoms with Crippen molar-refractivity contribution >= 4 is 11.6 Å². The lowest BCUT2D eigenvalue weighted by Crippen LogP contribution is -2.38. The quantitative estimate of drug-likeness (QED) is 0.843. The van der Waals surface area contributed by atoms with Gasteiger partial charge in [0.2, 0.25) is 5.91 Å². The minimum absolute atomic E-state index is 0.0436. The number of methoxy groups -OCH3 is 1. The first kappa shape index (κ1) is 17.1. The molecule has 2 aliphatic heterocycles. The largest absolute Gasteiger partial charge is 0.497 e. The normalized spacial score (nSPS) is 22.7. The summed E-state index contributed by atoms with van der Waals surface area (Å²) < 4.78 is 7.28. The zero-order valence-corrected chi connectivity index (χ0v) is 15.7. The molecule has 4 rings (SSSR count). The number of amides is 1. The third-order valence-corrected chi connectivity index (χ3v) is 5.71. The Morgan fingerprint density at radius 3 is 2.88 bits per heavy atom. The maximum absolute atomic E-state index is 13.5. The summed E-state index contributed by atoms with van der Waals surface area (Å²) in [5.41, 5.74) is 3.25. The van der Waals surface area contributed by atoms with Crippen molar-refractivity contribution < 1.29 is 9.53 Å². The molecule has 2 aromatic rings. The summed E-state index contributed by atoms with van der Waals surface area (Å²) in [4.78, 5) is 22.3. The molecule has 0 unspecified atom stereocenters. The van der Waals surface area contributed by atoms with E-state index in [1.807, 2.05) is 47.2 Å². The molecule has 1 amide bonds. The summed E-state index contributed by atoms with van der Waals surface area (Å²) in [5.74, 6) is 1.19. The number of rotatable bonds is 4. The van der Waals surface area contributed by atoms with Crippen molar-refractivity contribution in [2.75, 3.05) is 38.2 Å². The fourth-order valence-electron chi connectivity index (χ4n) is 4.25. The van der Waals surface area contributed by atoms with E-state index in [1.54, 1.807) is 7.11 Å². The number of aromatic nitrogens is 2. The van der Waals surface area contributed by atoms with Crippen LogP contribution in [-0.2, 0) is 18.3 Å². The monoisotopic (exact) mass is 354 g/mol. The van der Waals surface area contributed by atoms with Gasteiger partial charge in [-0.25, -0.2) is 4.98 Å². The van der Waals surface area contributed by atoms with Crippen molar-refractivity contribution in [3.8, 4) is 5.75 Å². The second-order valence-corrected chi connectivity index (χ2v) is 7.26. The van der Waals surface area contributed by atoms with Crippen molar-refractivity contribution in [3.05, 3.63) is 42.0 Å². The molecular formula is C20H26N4O2. The Morgan fingerprint density at radius 1 is 1.35 bits per heavy atom. The number of hydrogen-bond donors (Lipinski definition) is 0. The molecule has 26 heavy (non-hydrogen) atoms. The van der Waals surface area contributed by atoms with Gasteiger partial charge in [-0.2, -0.15) is 0 Å². The molecule has 0 bridgehead atoms. The van der Waals surface area contributed by atoms with E-state index in [0.717, 1.165) is 49.7 Å². The van der Waals surface area contributed by atoms with Gasteiger partial charge in [0.05, 0.1) is 25.0 Å². The van der Waals surface area contributed by atoms with Gasteiger partial charge in [0.1, 0.15) is 5.75 Å². The number of hydrogen-bond acceptors (Lipinski definition) is 4. The highest BCUT2D eigenvalue weighted by Crippen LogP contribution is 2.37. The number of nitrogens with zero attached hydrogens (tertiary/aromatic N) is 4. The van der Waals surface area contributed by atoms with Gasteiger partial charge in [-0.15, -0.1) is 0 Å². The summed E-state index contributed by atoms with van der Waals surface area (Å²) in [6.45, 7) is 5.56. The van der Waals surface area contributed by atoms with Crippen LogP contribution in [0.5, 0.6) is 5.75 Å². The van der Waals surface area contributed by atoms with Crippen LogP contribution in [0.2, 0.25) is 0 Å². The van der Waals surface area contributed by atoms with Crippen LogP contribution in [0.1, 0.15) is 24.1 Å². The van der Waals surface area contributed by atoms with Crippen molar-refractivity contribution in [1.29, 1.82) is 0 Å². The molecule has 2 atom stereocenters. The molecule has 0 spiro atoms. The molecular weight excluding hydrogens is 328 g/mol. The number of carbonyl (C=O) groups is 1. The molecule has 1 fully saturated rings. The Balaban J connectivity index is 1.61. The van der Waals surface area contributed by atoms with E-state index in [-0.39, 0.29) is 17.7 Å². The maximum Gasteiger partial charge on any atom is 0.232 e. The molecule has 0 saturated carbocycles. The van der Waals surface area contributed by atoms with E-state index in [4.69, 9.17) is 4.74 Å². The Hall–Kier alpha value is -2.34. The van der Waals surface area contributed by atoms with Crippen LogP contribution in [0.15, 0.2) is 30.7 Å². The van der Waals surface area contributed by atoms with Gasteiger partial charge < -0.3 is 19.1 Å². The Morgan fingerprint density at radius 2 is 2.19 bits per heavy atom. The van der Waals surface area contributed by atoms with E-state index in [2.05, 4.69) is 16.8 Å². The molecule has 1 saturated heterocycles. The highest BCUT2D eigenvalue weighted by Gasteiger charge is 2.42. The Labute approximate surface area is 154 Å². The second-order valence-electron chi connectivity index (χ2n) is 7.26. The Bertz CT molecular complexity index is 816. The SMILES string of the molecule is CCN1C[C@@H](C(=O)N2CCc3cc(OC)ccc32)[C@H](c2cn(C)cn2)C1. The van der Waals surface area contributed by atoms with Crippen LogP contribution < -0.4 is 9.64 Å². The standard InChI is InChI=1S/C20H26N4O2/c1-4-23-10-16(18-12-22(2)13-21-18)17(11-23)20(25)24-8-7-14-9-15(26-3)5-6-19(14)24/h5-6,9,12-13,16-17H,4,7-8,10-11H2,1-3H3/t16-,17-/m1/s1. The number of anilines is 1. The number of carbonyl (C=O) groups excluding carboxylic acids is 1. The minimum atomic E-state index is -0.0436. The van der Waals surface area contributed by atoms with Crippen LogP contribution in [0, 0.1) is 5.92 Å². The second kappa shape index (κ2) is 6.76. The summed E-state index contributed by atoms with van der Waals surface area (Å²) >= 11 is 0. The lowest BCUT2D eigenvalue weighted by molar-refractivity contribution is -0.122. The average Bonchev–Trinajstić information content (AvgIpc) is 3.37. The third-order valence-electron chi connectivity index (χ3n) is 5.71. The molecule has 6 heteroatoms. The molecule has 1 aromatic carbocycles. The fraction of sp³-hybridized carbons (Fsp3) is 0.500. The average molecular weight is 354 g/mol. The molecule has 1 aromatic heterocycles. The molecule has 3 heterocycles. The Kier molecular flexibility index (Phi) is 4.44. The molecule has 0 N–H and O–H groups in total. The highest BCUT2D eigenvalue weighted by atomic mass is 16.5. The predicted octanol–water partition coefficient (Wildman–Crippen LogP) is 2.05. The van der Waals surface area contributed by atoms with Crippen molar-refractivity contribution in [2.45, 2.75) is 19.3 Å². The first-order chi connectivity index (χ1) is 12.6. The molecule has 0 radical (unpaired) electrons.